The third kappa shape index (κ3) is 3.26. The van der Waals surface area contributed by atoms with Crippen molar-refractivity contribution in [2.75, 3.05) is 4.72 Å². The summed E-state index contributed by atoms with van der Waals surface area (Å²) in [5.41, 5.74) is -0.234. The number of aryl methyl sites for hydroxylation is 1. The Morgan fingerprint density at radius 2 is 2.10 bits per heavy atom. The average molecular weight is 349 g/mol. The number of aromatic carboxylic acids is 1. The number of thiazole rings is 1. The summed E-state index contributed by atoms with van der Waals surface area (Å²) >= 11 is 6.22. The maximum atomic E-state index is 12.2. The van der Waals surface area contributed by atoms with E-state index >= 15 is 0 Å². The first-order valence-electron chi connectivity index (χ1n) is 5.46. The van der Waals surface area contributed by atoms with Crippen LogP contribution < -0.4 is 9.60 Å². The number of nitrogens with one attached hydrogen (secondary N) is 2. The Hall–Kier alpha value is -1.84. The first kappa shape index (κ1) is 15.5. The molecule has 10 heteroatoms. The zero-order valence-corrected chi connectivity index (χ0v) is 12.9. The number of carboxylic acid groups (broad SMARTS) is 1. The van der Waals surface area contributed by atoms with Crippen molar-refractivity contribution in [3.8, 4) is 0 Å². The molecule has 0 radical (unpaired) electrons. The van der Waals surface area contributed by atoms with Crippen LogP contribution in [0.3, 0.4) is 0 Å². The number of rotatable bonds is 4. The summed E-state index contributed by atoms with van der Waals surface area (Å²) in [5, 5.41) is 9.23. The summed E-state index contributed by atoms with van der Waals surface area (Å²) in [6.07, 6.45) is 0. The van der Waals surface area contributed by atoms with Crippen LogP contribution in [-0.4, -0.2) is 24.5 Å². The lowest BCUT2D eigenvalue weighted by Gasteiger charge is -2.10. The van der Waals surface area contributed by atoms with Crippen molar-refractivity contribution in [3.63, 3.8) is 0 Å². The van der Waals surface area contributed by atoms with Crippen LogP contribution in [0.4, 0.5) is 5.69 Å². The van der Waals surface area contributed by atoms with Gasteiger partial charge in [0.05, 0.1) is 11.3 Å². The average Bonchev–Trinajstić information content (AvgIpc) is 2.71. The molecule has 2 aromatic rings. The molecule has 7 nitrogen and oxygen atoms in total. The van der Waals surface area contributed by atoms with Crippen LogP contribution in [0.25, 0.3) is 0 Å². The number of benzene rings is 1. The fraction of sp³-hybridized carbons (Fsp3) is 0.0909. The first-order valence-corrected chi connectivity index (χ1v) is 8.14. The molecule has 0 unspecified atom stereocenters. The van der Waals surface area contributed by atoms with Crippen LogP contribution in [0.15, 0.2) is 27.2 Å². The molecular weight excluding hydrogens is 340 g/mol. The van der Waals surface area contributed by atoms with E-state index in [0.717, 1.165) is 6.07 Å². The lowest BCUT2D eigenvalue weighted by Crippen LogP contribution is -2.15. The number of hydrogen-bond acceptors (Lipinski definition) is 5. The highest BCUT2D eigenvalue weighted by Crippen LogP contribution is 2.25. The molecule has 0 bridgehead atoms. The highest BCUT2D eigenvalue weighted by atomic mass is 35.5. The van der Waals surface area contributed by atoms with Crippen molar-refractivity contribution >= 4 is 44.6 Å². The molecule has 1 heterocycles. The first-order chi connectivity index (χ1) is 9.70. The van der Waals surface area contributed by atoms with Crippen LogP contribution in [0, 0.1) is 6.92 Å². The number of hydrogen-bond donors (Lipinski definition) is 3. The number of sulfonamides is 1. The van der Waals surface area contributed by atoms with Crippen LogP contribution in [0.5, 0.6) is 0 Å². The Bertz CT molecular complexity index is 869. The van der Waals surface area contributed by atoms with Gasteiger partial charge >= 0.3 is 10.8 Å². The van der Waals surface area contributed by atoms with E-state index in [1.807, 2.05) is 0 Å². The Kier molecular flexibility index (Phi) is 4.08. The zero-order chi connectivity index (χ0) is 15.8. The largest absolute Gasteiger partial charge is 0.478 e. The summed E-state index contributed by atoms with van der Waals surface area (Å²) in [6, 6.07) is 3.74. The standard InChI is InChI=1S/C11H9ClN2O5S2/c1-5-10(20-11(17)13-5)21(18,19)14-8-3-2-6(12)4-7(8)9(15)16/h2-4,14H,1H3,(H,13,17)(H,15,16). The molecule has 0 fully saturated rings. The Labute approximate surface area is 128 Å². The molecule has 0 aliphatic heterocycles. The minimum Gasteiger partial charge on any atom is -0.478 e. The van der Waals surface area contributed by atoms with E-state index in [9.17, 15) is 18.0 Å². The van der Waals surface area contributed by atoms with Gasteiger partial charge in [-0.25, -0.2) is 13.2 Å². The molecule has 0 aliphatic rings. The second-order valence-electron chi connectivity index (χ2n) is 4.03. The van der Waals surface area contributed by atoms with E-state index in [1.54, 1.807) is 0 Å². The Morgan fingerprint density at radius 3 is 2.62 bits per heavy atom. The summed E-state index contributed by atoms with van der Waals surface area (Å²) in [6.45, 7) is 1.44. The van der Waals surface area contributed by atoms with Crippen LogP contribution in [0.2, 0.25) is 5.02 Å². The lowest BCUT2D eigenvalue weighted by atomic mass is 10.2. The van der Waals surface area contributed by atoms with E-state index in [1.165, 1.54) is 19.1 Å². The van der Waals surface area contributed by atoms with Crippen molar-refractivity contribution in [2.24, 2.45) is 0 Å². The number of carboxylic acids is 1. The van der Waals surface area contributed by atoms with Gasteiger partial charge in [0.15, 0.2) is 4.21 Å². The summed E-state index contributed by atoms with van der Waals surface area (Å²) in [7, 11) is -4.06. The minimum absolute atomic E-state index is 0.132. The highest BCUT2D eigenvalue weighted by Gasteiger charge is 2.23. The summed E-state index contributed by atoms with van der Waals surface area (Å²) in [5.74, 6) is -1.32. The van der Waals surface area contributed by atoms with Gasteiger partial charge in [0, 0.05) is 10.7 Å². The van der Waals surface area contributed by atoms with Gasteiger partial charge in [0.2, 0.25) is 0 Å². The normalized spacial score (nSPS) is 11.3. The molecule has 0 spiro atoms. The zero-order valence-electron chi connectivity index (χ0n) is 10.5. The fourth-order valence-electron chi connectivity index (χ4n) is 1.62. The number of carbonyl (C=O) groups is 1. The maximum Gasteiger partial charge on any atom is 0.337 e. The van der Waals surface area contributed by atoms with Gasteiger partial charge in [-0.3, -0.25) is 9.52 Å². The topological polar surface area (TPSA) is 116 Å². The Balaban J connectivity index is 2.49. The van der Waals surface area contributed by atoms with E-state index in [-0.39, 0.29) is 26.2 Å². The third-order valence-corrected chi connectivity index (χ3v) is 5.69. The van der Waals surface area contributed by atoms with Crippen molar-refractivity contribution in [2.45, 2.75) is 11.1 Å². The number of aromatic nitrogens is 1. The van der Waals surface area contributed by atoms with E-state index in [2.05, 4.69) is 9.71 Å². The van der Waals surface area contributed by atoms with Gasteiger partial charge in [-0.15, -0.1) is 0 Å². The van der Waals surface area contributed by atoms with Gasteiger partial charge in [-0.1, -0.05) is 22.9 Å². The molecule has 21 heavy (non-hydrogen) atoms. The van der Waals surface area contributed by atoms with Gasteiger partial charge in [0.1, 0.15) is 0 Å². The fourth-order valence-corrected chi connectivity index (χ4v) is 4.17. The summed E-state index contributed by atoms with van der Waals surface area (Å²) < 4.78 is 26.4. The number of H-pyrrole nitrogens is 1. The third-order valence-electron chi connectivity index (χ3n) is 2.48. The molecular formula is C11H9ClN2O5S2. The molecule has 0 saturated carbocycles. The summed E-state index contributed by atoms with van der Waals surface area (Å²) in [4.78, 5) is 24.2. The number of anilines is 1. The molecule has 0 atom stereocenters. The van der Waals surface area contributed by atoms with Crippen molar-refractivity contribution in [3.05, 3.63) is 44.1 Å². The lowest BCUT2D eigenvalue weighted by molar-refractivity contribution is 0.0698. The molecule has 1 aromatic carbocycles. The van der Waals surface area contributed by atoms with E-state index in [0.29, 0.717) is 11.3 Å². The van der Waals surface area contributed by atoms with Crippen molar-refractivity contribution in [1.82, 2.24) is 4.98 Å². The van der Waals surface area contributed by atoms with Gasteiger partial charge in [-0.05, 0) is 25.1 Å². The minimum atomic E-state index is -4.06. The molecule has 0 saturated heterocycles. The maximum absolute atomic E-state index is 12.2. The second kappa shape index (κ2) is 5.51. The van der Waals surface area contributed by atoms with Crippen molar-refractivity contribution in [1.29, 1.82) is 0 Å². The quantitative estimate of drug-likeness (QED) is 0.780. The predicted octanol–water partition coefficient (Wildman–Crippen LogP) is 1.90. The second-order valence-corrected chi connectivity index (χ2v) is 7.32. The predicted molar refractivity (Wildman–Crippen MR) is 78.9 cm³/mol. The number of aromatic amines is 1. The van der Waals surface area contributed by atoms with Crippen molar-refractivity contribution < 1.29 is 18.3 Å². The van der Waals surface area contributed by atoms with Gasteiger partial charge < -0.3 is 10.1 Å². The van der Waals surface area contributed by atoms with E-state index in [4.69, 9.17) is 16.7 Å². The van der Waals surface area contributed by atoms with E-state index < -0.39 is 20.9 Å². The molecule has 0 aliphatic carbocycles. The molecule has 3 N–H and O–H groups in total. The SMILES string of the molecule is Cc1[nH]c(=O)sc1S(=O)(=O)Nc1ccc(Cl)cc1C(=O)O. The molecule has 1 aromatic heterocycles. The Morgan fingerprint density at radius 1 is 1.43 bits per heavy atom. The molecule has 112 valence electrons. The van der Waals surface area contributed by atoms with Gasteiger partial charge in [-0.2, -0.15) is 0 Å². The van der Waals surface area contributed by atoms with Crippen LogP contribution in [0.1, 0.15) is 16.1 Å². The molecule has 2 rings (SSSR count). The smallest absolute Gasteiger partial charge is 0.337 e. The van der Waals surface area contributed by atoms with Crippen LogP contribution >= 0.6 is 22.9 Å². The van der Waals surface area contributed by atoms with Crippen LogP contribution in [-0.2, 0) is 10.0 Å². The number of halogens is 1. The van der Waals surface area contributed by atoms with Gasteiger partial charge in [0.25, 0.3) is 10.0 Å². The molecule has 0 amide bonds. The highest BCUT2D eigenvalue weighted by molar-refractivity contribution is 7.94. The monoisotopic (exact) mass is 348 g/mol.